The van der Waals surface area contributed by atoms with Crippen molar-refractivity contribution in [1.82, 2.24) is 0 Å². The maximum Gasteiger partial charge on any atom is 0.101 e. The van der Waals surface area contributed by atoms with Gasteiger partial charge >= 0.3 is 0 Å². The first kappa shape index (κ1) is 2.95. The molecule has 2 saturated carbocycles. The van der Waals surface area contributed by atoms with Crippen LogP contribution in [0.1, 0.15) is 19.3 Å². The number of rotatable bonds is 0. The normalized spacial score (nSPS) is 50.7. The summed E-state index contributed by atoms with van der Waals surface area (Å²) in [6, 6.07) is 0. The summed E-state index contributed by atoms with van der Waals surface area (Å²) in [5.74, 6) is 2.25. The molecule has 0 heterocycles. The molecule has 0 amide bonds. The van der Waals surface area contributed by atoms with Gasteiger partial charge in [0.2, 0.25) is 0 Å². The van der Waals surface area contributed by atoms with Crippen LogP contribution in [0.3, 0.4) is 0 Å². The molecule has 2 fully saturated rings. The van der Waals surface area contributed by atoms with Gasteiger partial charge in [-0.2, -0.15) is 0 Å². The Morgan fingerprint density at radius 1 is 1.50 bits per heavy atom. The fourth-order valence-corrected chi connectivity index (χ4v) is 1.42. The molecule has 0 heteroatoms. The number of hydrogen-bond acceptors (Lipinski definition) is 0. The summed E-state index contributed by atoms with van der Waals surface area (Å²) < 4.78 is 0. The van der Waals surface area contributed by atoms with Crippen molar-refractivity contribution >= 4 is 0 Å². The molecular formula is C6H9+. The Kier molecular flexibility index (Phi) is 0.368. The summed E-state index contributed by atoms with van der Waals surface area (Å²) in [6.45, 7) is 0. The van der Waals surface area contributed by atoms with Crippen molar-refractivity contribution < 1.29 is 0 Å². The quantitative estimate of drug-likeness (QED) is 0.389. The molecule has 2 aliphatic carbocycles. The highest BCUT2D eigenvalue weighted by Crippen LogP contribution is 2.50. The van der Waals surface area contributed by atoms with Crippen molar-refractivity contribution in [2.75, 3.05) is 0 Å². The van der Waals surface area contributed by atoms with Gasteiger partial charge in [0, 0.05) is 5.92 Å². The summed E-state index contributed by atoms with van der Waals surface area (Å²) in [6.07, 6.45) is 6.92. The smallest absolute Gasteiger partial charge is 0.00512 e. The Morgan fingerprint density at radius 3 is 2.67 bits per heavy atom. The minimum Gasteiger partial charge on any atom is -0.00512 e. The molecule has 32 valence electrons. The molecule has 6 heavy (non-hydrogen) atoms. The van der Waals surface area contributed by atoms with E-state index in [9.17, 15) is 0 Å². The SMILES string of the molecule is [CH+]1CCC2CC12. The van der Waals surface area contributed by atoms with E-state index in [0.717, 1.165) is 11.8 Å². The van der Waals surface area contributed by atoms with Crippen LogP contribution in [0.2, 0.25) is 0 Å². The van der Waals surface area contributed by atoms with E-state index in [-0.39, 0.29) is 0 Å². The molecular weight excluding hydrogens is 72.1 g/mol. The molecule has 0 saturated heterocycles. The minimum atomic E-state index is 1.09. The van der Waals surface area contributed by atoms with Gasteiger partial charge in [0.05, 0.1) is 12.8 Å². The van der Waals surface area contributed by atoms with Gasteiger partial charge in [-0.15, -0.1) is 0 Å². The lowest BCUT2D eigenvalue weighted by molar-refractivity contribution is 0.785. The second kappa shape index (κ2) is 0.749. The first-order chi connectivity index (χ1) is 2.97. The van der Waals surface area contributed by atoms with E-state index >= 15 is 0 Å². The van der Waals surface area contributed by atoms with Crippen molar-refractivity contribution in [2.45, 2.75) is 19.3 Å². The van der Waals surface area contributed by atoms with Crippen LogP contribution in [0.15, 0.2) is 0 Å². The van der Waals surface area contributed by atoms with Crippen molar-refractivity contribution in [3.63, 3.8) is 0 Å². The second-order valence-electron chi connectivity index (χ2n) is 2.47. The Bertz CT molecular complexity index is 58.4. The van der Waals surface area contributed by atoms with E-state index in [0.29, 0.717) is 0 Å². The molecule has 0 aliphatic heterocycles. The first-order valence-electron chi connectivity index (χ1n) is 2.80. The summed E-state index contributed by atoms with van der Waals surface area (Å²) in [5, 5.41) is 0. The van der Waals surface area contributed by atoms with Crippen LogP contribution in [0, 0.1) is 18.3 Å². The fourth-order valence-electron chi connectivity index (χ4n) is 1.42. The van der Waals surface area contributed by atoms with Gasteiger partial charge in [0.1, 0.15) is 5.92 Å². The first-order valence-corrected chi connectivity index (χ1v) is 2.80. The highest BCUT2D eigenvalue weighted by Gasteiger charge is 2.49. The fraction of sp³-hybridized carbons (Fsp3) is 0.833. The van der Waals surface area contributed by atoms with Crippen molar-refractivity contribution in [1.29, 1.82) is 0 Å². The predicted octanol–water partition coefficient (Wildman–Crippen LogP) is 1.62. The van der Waals surface area contributed by atoms with Crippen molar-refractivity contribution in [2.24, 2.45) is 11.8 Å². The molecule has 0 bridgehead atoms. The lowest BCUT2D eigenvalue weighted by atomic mass is 10.3. The Balaban J connectivity index is 2.09. The second-order valence-corrected chi connectivity index (χ2v) is 2.47. The largest absolute Gasteiger partial charge is 0.101 e. The molecule has 2 rings (SSSR count). The third-order valence-electron chi connectivity index (χ3n) is 1.98. The number of fused-ring (bicyclic) bond motifs is 1. The average molecular weight is 81.1 g/mol. The zero-order valence-corrected chi connectivity index (χ0v) is 3.85. The molecule has 0 spiro atoms. The molecule has 0 aromatic carbocycles. The lowest BCUT2D eigenvalue weighted by Crippen LogP contribution is -1.65. The molecule has 2 atom stereocenters. The van der Waals surface area contributed by atoms with Crippen LogP contribution in [0.5, 0.6) is 0 Å². The topological polar surface area (TPSA) is 0 Å². The van der Waals surface area contributed by atoms with E-state index in [2.05, 4.69) is 6.42 Å². The average Bonchev–Trinajstić information content (AvgIpc) is 2.17. The van der Waals surface area contributed by atoms with Crippen LogP contribution in [-0.4, -0.2) is 0 Å². The van der Waals surface area contributed by atoms with Crippen LogP contribution in [0.4, 0.5) is 0 Å². The van der Waals surface area contributed by atoms with Gasteiger partial charge in [-0.25, -0.2) is 0 Å². The summed E-state index contributed by atoms with van der Waals surface area (Å²) in [5.41, 5.74) is 0. The summed E-state index contributed by atoms with van der Waals surface area (Å²) in [4.78, 5) is 0. The molecule has 0 aromatic rings. The predicted molar refractivity (Wildman–Crippen MR) is 25.1 cm³/mol. The summed E-state index contributed by atoms with van der Waals surface area (Å²) in [7, 11) is 0. The third kappa shape index (κ3) is 0.226. The van der Waals surface area contributed by atoms with Gasteiger partial charge in [-0.05, 0) is 12.8 Å². The van der Waals surface area contributed by atoms with Crippen LogP contribution in [-0.2, 0) is 0 Å². The van der Waals surface area contributed by atoms with Crippen LogP contribution in [0.25, 0.3) is 0 Å². The Labute approximate surface area is 38.6 Å². The molecule has 2 aliphatic rings. The summed E-state index contributed by atoms with van der Waals surface area (Å²) >= 11 is 0. The monoisotopic (exact) mass is 81.1 g/mol. The van der Waals surface area contributed by atoms with Crippen molar-refractivity contribution in [3.05, 3.63) is 6.42 Å². The molecule has 0 nitrogen and oxygen atoms in total. The minimum absolute atomic E-state index is 1.09. The molecule has 2 unspecified atom stereocenters. The van der Waals surface area contributed by atoms with Gasteiger partial charge < -0.3 is 0 Å². The van der Waals surface area contributed by atoms with E-state index in [1.54, 1.807) is 0 Å². The Morgan fingerprint density at radius 2 is 2.50 bits per heavy atom. The lowest BCUT2D eigenvalue weighted by Gasteiger charge is -1.71. The van der Waals surface area contributed by atoms with Gasteiger partial charge in [-0.1, -0.05) is 0 Å². The zero-order chi connectivity index (χ0) is 3.98. The van der Waals surface area contributed by atoms with E-state index < -0.39 is 0 Å². The highest BCUT2D eigenvalue weighted by molar-refractivity contribution is 5.02. The van der Waals surface area contributed by atoms with Gasteiger partial charge in [-0.3, -0.25) is 0 Å². The molecule has 0 aromatic heterocycles. The van der Waals surface area contributed by atoms with Crippen molar-refractivity contribution in [3.8, 4) is 0 Å². The highest BCUT2D eigenvalue weighted by atomic mass is 14.5. The van der Waals surface area contributed by atoms with E-state index in [4.69, 9.17) is 0 Å². The van der Waals surface area contributed by atoms with E-state index in [1.807, 2.05) is 0 Å². The van der Waals surface area contributed by atoms with Crippen LogP contribution < -0.4 is 0 Å². The van der Waals surface area contributed by atoms with E-state index in [1.165, 1.54) is 19.3 Å². The van der Waals surface area contributed by atoms with Gasteiger partial charge in [0.25, 0.3) is 0 Å². The maximum atomic E-state index is 2.48. The maximum absolute atomic E-state index is 2.48. The Hall–Kier alpha value is -0.130. The van der Waals surface area contributed by atoms with Gasteiger partial charge in [0.15, 0.2) is 0 Å². The number of hydrogen-bond donors (Lipinski definition) is 0. The molecule has 0 N–H and O–H groups in total. The standard InChI is InChI=1S/C6H9/c1-2-5-4-6(5)3-1/h2,5-6H,1,3-4H2/q+1. The molecule has 0 radical (unpaired) electrons. The zero-order valence-electron chi connectivity index (χ0n) is 3.85. The van der Waals surface area contributed by atoms with Crippen LogP contribution >= 0.6 is 0 Å². The third-order valence-corrected chi connectivity index (χ3v) is 1.98.